The summed E-state index contributed by atoms with van der Waals surface area (Å²) in [4.78, 5) is 22.7. The molecule has 0 aliphatic rings. The van der Waals surface area contributed by atoms with Crippen LogP contribution in [0.25, 0.3) is 0 Å². The van der Waals surface area contributed by atoms with Crippen molar-refractivity contribution in [1.82, 2.24) is 15.0 Å². The van der Waals surface area contributed by atoms with Gasteiger partial charge in [0, 0.05) is 4.47 Å². The largest absolute Gasteiger partial charge is 0.478 e. The lowest BCUT2D eigenvalue weighted by molar-refractivity contribution is 0.0694. The van der Waals surface area contributed by atoms with Gasteiger partial charge < -0.3 is 19.3 Å². The summed E-state index contributed by atoms with van der Waals surface area (Å²) >= 11 is 3.24. The summed E-state index contributed by atoms with van der Waals surface area (Å²) in [5, 5.41) is 9.14. The molecule has 1 N–H and O–H groups in total. The van der Waals surface area contributed by atoms with E-state index in [4.69, 9.17) is 19.3 Å². The number of carbonyl (C=O) groups is 1. The molecule has 0 radical (unpaired) electrons. The highest BCUT2D eigenvalue weighted by Gasteiger charge is 2.15. The maximum Gasteiger partial charge on any atom is 0.339 e. The molecule has 0 saturated heterocycles. The second kappa shape index (κ2) is 6.35. The standard InChI is InChI=1S/C12H10BrN3O5/c1-19-10-14-11(20-2)16-12(15-10)21-8-5-6(13)3-4-7(8)9(17)18/h3-5H,1-2H3,(H,17,18). The average molecular weight is 356 g/mol. The Bertz CT molecular complexity index is 658. The van der Waals surface area contributed by atoms with Crippen molar-refractivity contribution < 1.29 is 24.1 Å². The van der Waals surface area contributed by atoms with Gasteiger partial charge in [0.25, 0.3) is 0 Å². The minimum Gasteiger partial charge on any atom is -0.478 e. The number of nitrogens with zero attached hydrogens (tertiary/aromatic N) is 3. The first-order valence-electron chi connectivity index (χ1n) is 5.58. The highest BCUT2D eigenvalue weighted by atomic mass is 79.9. The number of benzene rings is 1. The van der Waals surface area contributed by atoms with E-state index in [1.807, 2.05) is 0 Å². The second-order valence-electron chi connectivity index (χ2n) is 3.64. The number of hydrogen-bond acceptors (Lipinski definition) is 7. The van der Waals surface area contributed by atoms with E-state index in [0.29, 0.717) is 4.47 Å². The summed E-state index contributed by atoms with van der Waals surface area (Å²) in [5.41, 5.74) is -0.0310. The van der Waals surface area contributed by atoms with Gasteiger partial charge in [0.2, 0.25) is 0 Å². The van der Waals surface area contributed by atoms with Gasteiger partial charge in [-0.25, -0.2) is 4.79 Å². The summed E-state index contributed by atoms with van der Waals surface area (Å²) in [5.74, 6) is -1.06. The van der Waals surface area contributed by atoms with Crippen LogP contribution in [0.4, 0.5) is 0 Å². The maximum atomic E-state index is 11.2. The number of rotatable bonds is 5. The molecule has 0 aliphatic heterocycles. The molecule has 110 valence electrons. The lowest BCUT2D eigenvalue weighted by Gasteiger charge is -2.09. The molecule has 0 atom stereocenters. The van der Waals surface area contributed by atoms with Crippen LogP contribution in [0.5, 0.6) is 23.8 Å². The number of halogens is 1. The number of methoxy groups -OCH3 is 2. The monoisotopic (exact) mass is 355 g/mol. The van der Waals surface area contributed by atoms with E-state index in [1.165, 1.54) is 26.4 Å². The van der Waals surface area contributed by atoms with Crippen LogP contribution in [0.15, 0.2) is 22.7 Å². The molecule has 1 aromatic carbocycles. The third kappa shape index (κ3) is 3.57. The first kappa shape index (κ1) is 15.0. The third-order valence-electron chi connectivity index (χ3n) is 2.31. The van der Waals surface area contributed by atoms with E-state index in [0.717, 1.165) is 0 Å². The van der Waals surface area contributed by atoms with Crippen LogP contribution >= 0.6 is 15.9 Å². The summed E-state index contributed by atoms with van der Waals surface area (Å²) in [6, 6.07) is 4.32. The number of aromatic carboxylic acids is 1. The van der Waals surface area contributed by atoms with Crippen molar-refractivity contribution in [2.24, 2.45) is 0 Å². The minimum atomic E-state index is -1.13. The lowest BCUT2D eigenvalue weighted by atomic mass is 10.2. The molecule has 2 rings (SSSR count). The fourth-order valence-electron chi connectivity index (χ4n) is 1.40. The Morgan fingerprint density at radius 2 is 1.67 bits per heavy atom. The summed E-state index contributed by atoms with van der Waals surface area (Å²) < 4.78 is 15.8. The van der Waals surface area contributed by atoms with Crippen LogP contribution < -0.4 is 14.2 Å². The highest BCUT2D eigenvalue weighted by Crippen LogP contribution is 2.28. The molecule has 0 saturated carbocycles. The zero-order chi connectivity index (χ0) is 15.4. The van der Waals surface area contributed by atoms with Crippen molar-refractivity contribution in [1.29, 1.82) is 0 Å². The fraction of sp³-hybridized carbons (Fsp3) is 0.167. The highest BCUT2D eigenvalue weighted by molar-refractivity contribution is 9.10. The topological polar surface area (TPSA) is 104 Å². The van der Waals surface area contributed by atoms with E-state index in [9.17, 15) is 4.79 Å². The molecule has 1 aromatic heterocycles. The zero-order valence-corrected chi connectivity index (χ0v) is 12.6. The molecule has 9 heteroatoms. The first-order chi connectivity index (χ1) is 10.0. The van der Waals surface area contributed by atoms with Crippen molar-refractivity contribution in [3.8, 4) is 23.8 Å². The molecule has 0 unspecified atom stereocenters. The van der Waals surface area contributed by atoms with Crippen molar-refractivity contribution in [3.63, 3.8) is 0 Å². The molecule has 0 spiro atoms. The third-order valence-corrected chi connectivity index (χ3v) is 2.81. The van der Waals surface area contributed by atoms with Gasteiger partial charge in [-0.2, -0.15) is 0 Å². The number of carboxylic acid groups (broad SMARTS) is 1. The smallest absolute Gasteiger partial charge is 0.339 e. The predicted molar refractivity (Wildman–Crippen MR) is 74.1 cm³/mol. The molecule has 21 heavy (non-hydrogen) atoms. The first-order valence-corrected chi connectivity index (χ1v) is 6.37. The van der Waals surface area contributed by atoms with Crippen molar-refractivity contribution in [3.05, 3.63) is 28.2 Å². The lowest BCUT2D eigenvalue weighted by Crippen LogP contribution is -2.04. The van der Waals surface area contributed by atoms with Crippen LogP contribution in [0.1, 0.15) is 10.4 Å². The van der Waals surface area contributed by atoms with Crippen LogP contribution in [0.3, 0.4) is 0 Å². The molecule has 0 aliphatic carbocycles. The van der Waals surface area contributed by atoms with Gasteiger partial charge in [-0.05, 0) is 18.2 Å². The van der Waals surface area contributed by atoms with Crippen molar-refractivity contribution >= 4 is 21.9 Å². The zero-order valence-electron chi connectivity index (χ0n) is 11.0. The van der Waals surface area contributed by atoms with E-state index in [-0.39, 0.29) is 29.3 Å². The summed E-state index contributed by atoms with van der Waals surface area (Å²) in [7, 11) is 2.75. The van der Waals surface area contributed by atoms with Gasteiger partial charge in [0.1, 0.15) is 11.3 Å². The molecule has 0 amide bonds. The van der Waals surface area contributed by atoms with E-state index < -0.39 is 5.97 Å². The van der Waals surface area contributed by atoms with Crippen molar-refractivity contribution in [2.45, 2.75) is 0 Å². The number of hydrogen-bond donors (Lipinski definition) is 1. The van der Waals surface area contributed by atoms with Gasteiger partial charge in [-0.3, -0.25) is 0 Å². The van der Waals surface area contributed by atoms with Crippen molar-refractivity contribution in [2.75, 3.05) is 14.2 Å². The van der Waals surface area contributed by atoms with Crippen LogP contribution in [-0.4, -0.2) is 40.2 Å². The summed E-state index contributed by atoms with van der Waals surface area (Å²) in [6.45, 7) is 0. The molecule has 0 fully saturated rings. The quantitative estimate of drug-likeness (QED) is 0.869. The van der Waals surface area contributed by atoms with Crippen LogP contribution in [0, 0.1) is 0 Å². The average Bonchev–Trinajstić information content (AvgIpc) is 2.46. The summed E-state index contributed by atoms with van der Waals surface area (Å²) in [6.07, 6.45) is 0. The Balaban J connectivity index is 2.42. The fourth-order valence-corrected chi connectivity index (χ4v) is 1.74. The predicted octanol–water partition coefficient (Wildman–Crippen LogP) is 2.14. The van der Waals surface area contributed by atoms with E-state index in [2.05, 4.69) is 30.9 Å². The number of aromatic nitrogens is 3. The van der Waals surface area contributed by atoms with Gasteiger partial charge in [-0.1, -0.05) is 15.9 Å². The molecule has 8 nitrogen and oxygen atoms in total. The maximum absolute atomic E-state index is 11.2. The Labute approximate surface area is 127 Å². The molecular formula is C12H10BrN3O5. The van der Waals surface area contributed by atoms with E-state index in [1.54, 1.807) is 6.07 Å². The molecule has 1 heterocycles. The molecular weight excluding hydrogens is 346 g/mol. The SMILES string of the molecule is COc1nc(OC)nc(Oc2cc(Br)ccc2C(=O)O)n1. The second-order valence-corrected chi connectivity index (χ2v) is 4.55. The van der Waals surface area contributed by atoms with Gasteiger partial charge in [-0.15, -0.1) is 15.0 Å². The Kier molecular flexibility index (Phi) is 4.53. The van der Waals surface area contributed by atoms with Gasteiger partial charge in [0.15, 0.2) is 0 Å². The van der Waals surface area contributed by atoms with Gasteiger partial charge in [0.05, 0.1) is 14.2 Å². The van der Waals surface area contributed by atoms with Crippen LogP contribution in [-0.2, 0) is 0 Å². The Hall–Kier alpha value is -2.42. The minimum absolute atomic E-state index is 0.0104. The van der Waals surface area contributed by atoms with Gasteiger partial charge >= 0.3 is 24.0 Å². The molecule has 0 bridgehead atoms. The number of ether oxygens (including phenoxy) is 3. The molecule has 2 aromatic rings. The van der Waals surface area contributed by atoms with E-state index >= 15 is 0 Å². The normalized spacial score (nSPS) is 10.0. The Morgan fingerprint density at radius 1 is 1.10 bits per heavy atom. The van der Waals surface area contributed by atoms with Crippen LogP contribution in [0.2, 0.25) is 0 Å². The Morgan fingerprint density at radius 3 is 2.19 bits per heavy atom. The number of carboxylic acids is 1.